The minimum absolute atomic E-state index is 0.0489. The van der Waals surface area contributed by atoms with E-state index in [2.05, 4.69) is 52.0 Å². The van der Waals surface area contributed by atoms with Crippen molar-refractivity contribution >= 4 is 10.9 Å². The van der Waals surface area contributed by atoms with E-state index in [1.165, 1.54) is 11.1 Å². The molecule has 5 rings (SSSR count). The van der Waals surface area contributed by atoms with Gasteiger partial charge in [-0.3, -0.25) is 4.79 Å². The lowest BCUT2D eigenvalue weighted by atomic mass is 9.76. The van der Waals surface area contributed by atoms with Gasteiger partial charge in [-0.15, -0.1) is 0 Å². The first-order valence-corrected chi connectivity index (χ1v) is 9.80. The lowest BCUT2D eigenvalue weighted by Crippen LogP contribution is -2.42. The molecule has 144 valence electrons. The molecule has 2 unspecified atom stereocenters. The summed E-state index contributed by atoms with van der Waals surface area (Å²) in [4.78, 5) is 13.0. The second-order valence-electron chi connectivity index (χ2n) is 9.16. The molecule has 0 saturated heterocycles. The summed E-state index contributed by atoms with van der Waals surface area (Å²) in [5, 5.41) is 1.01. The van der Waals surface area contributed by atoms with Gasteiger partial charge < -0.3 is 14.0 Å². The van der Waals surface area contributed by atoms with Crippen LogP contribution in [-0.4, -0.2) is 11.2 Å². The fraction of sp³-hybridized carbons (Fsp3) is 0.375. The Kier molecular flexibility index (Phi) is 3.35. The fourth-order valence-corrected chi connectivity index (χ4v) is 4.71. The van der Waals surface area contributed by atoms with Crippen molar-refractivity contribution in [3.05, 3.63) is 69.5 Å². The number of benzene rings is 2. The zero-order valence-electron chi connectivity index (χ0n) is 17.0. The Morgan fingerprint density at radius 1 is 1.14 bits per heavy atom. The maximum absolute atomic E-state index is 13.0. The maximum Gasteiger partial charge on any atom is 0.293 e. The Balaban J connectivity index is 1.78. The summed E-state index contributed by atoms with van der Waals surface area (Å²) in [6.07, 6.45) is 0. The molecule has 0 radical (unpaired) electrons. The van der Waals surface area contributed by atoms with E-state index in [4.69, 9.17) is 9.47 Å². The van der Waals surface area contributed by atoms with Crippen molar-refractivity contribution in [1.82, 2.24) is 4.57 Å². The molecule has 0 bridgehead atoms. The quantitative estimate of drug-likeness (QED) is 0.576. The van der Waals surface area contributed by atoms with Crippen molar-refractivity contribution in [3.63, 3.8) is 0 Å². The number of hydrogen-bond donors (Lipinski definition) is 0. The summed E-state index contributed by atoms with van der Waals surface area (Å²) in [6.45, 7) is 9.19. The van der Waals surface area contributed by atoms with E-state index in [1.54, 1.807) is 11.6 Å². The van der Waals surface area contributed by atoms with E-state index in [0.717, 1.165) is 22.2 Å². The lowest BCUT2D eigenvalue weighted by Gasteiger charge is -2.37. The fourth-order valence-electron chi connectivity index (χ4n) is 4.71. The first-order valence-electron chi connectivity index (χ1n) is 9.80. The third-order valence-corrected chi connectivity index (χ3v) is 6.39. The monoisotopic (exact) mass is 375 g/mol. The second kappa shape index (κ2) is 5.40. The number of rotatable bonds is 0. The van der Waals surface area contributed by atoms with Crippen molar-refractivity contribution in [2.45, 2.75) is 44.6 Å². The van der Waals surface area contributed by atoms with Crippen LogP contribution >= 0.6 is 0 Å². The topological polar surface area (TPSA) is 40.5 Å². The van der Waals surface area contributed by atoms with Crippen molar-refractivity contribution in [3.8, 4) is 11.5 Å². The first-order chi connectivity index (χ1) is 13.2. The molecule has 3 heterocycles. The number of para-hydroxylation sites is 1. The van der Waals surface area contributed by atoms with Gasteiger partial charge in [-0.25, -0.2) is 0 Å². The number of aromatic nitrogens is 1. The van der Waals surface area contributed by atoms with Crippen LogP contribution < -0.4 is 15.0 Å². The van der Waals surface area contributed by atoms with E-state index in [0.29, 0.717) is 12.4 Å². The molecule has 0 N–H and O–H groups in total. The van der Waals surface area contributed by atoms with Gasteiger partial charge in [-0.05, 0) is 30.0 Å². The molecule has 28 heavy (non-hydrogen) atoms. The minimum Gasteiger partial charge on any atom is -0.487 e. The summed E-state index contributed by atoms with van der Waals surface area (Å²) >= 11 is 0. The number of pyridine rings is 1. The average molecular weight is 375 g/mol. The van der Waals surface area contributed by atoms with Crippen molar-refractivity contribution in [2.24, 2.45) is 7.05 Å². The Morgan fingerprint density at radius 2 is 1.89 bits per heavy atom. The van der Waals surface area contributed by atoms with Crippen LogP contribution in [-0.2, 0) is 18.1 Å². The second-order valence-corrected chi connectivity index (χ2v) is 9.16. The van der Waals surface area contributed by atoms with Gasteiger partial charge in [0.1, 0.15) is 11.4 Å². The van der Waals surface area contributed by atoms with Crippen LogP contribution in [0.3, 0.4) is 0 Å². The molecule has 2 atom stereocenters. The van der Waals surface area contributed by atoms with Gasteiger partial charge in [0.15, 0.2) is 5.75 Å². The van der Waals surface area contributed by atoms with Crippen LogP contribution in [0.15, 0.2) is 47.3 Å². The molecule has 2 aliphatic heterocycles. The molecule has 0 fully saturated rings. The summed E-state index contributed by atoms with van der Waals surface area (Å²) in [5.41, 5.74) is 3.54. The first kappa shape index (κ1) is 17.4. The van der Waals surface area contributed by atoms with Crippen molar-refractivity contribution in [2.75, 3.05) is 6.61 Å². The highest BCUT2D eigenvalue weighted by atomic mass is 16.5. The van der Waals surface area contributed by atoms with Crippen LogP contribution in [0, 0.1) is 0 Å². The molecule has 0 amide bonds. The summed E-state index contributed by atoms with van der Waals surface area (Å²) in [6, 6.07) is 14.5. The Labute approximate surface area is 164 Å². The SMILES string of the molecule is Cn1c(=O)c2c(c3ccccc31)C1(C)Oc3ccc(C(C)(C)C)cc3C1CO2. The molecule has 0 aliphatic carbocycles. The molecule has 1 aromatic heterocycles. The van der Waals surface area contributed by atoms with Crippen LogP contribution in [0.1, 0.15) is 50.3 Å². The number of nitrogens with zero attached hydrogens (tertiary/aromatic N) is 1. The molecule has 3 aromatic rings. The molecule has 4 nitrogen and oxygen atoms in total. The molecule has 2 aliphatic rings. The standard InChI is InChI=1S/C24H25NO3/c1-23(2,3)14-10-11-19-16(12-14)17-13-27-21-20(24(17,4)28-19)15-8-6-7-9-18(15)25(5)22(21)26/h6-12,17H,13H2,1-5H3. The lowest BCUT2D eigenvalue weighted by molar-refractivity contribution is 0.0441. The van der Waals surface area contributed by atoms with Crippen LogP contribution in [0.5, 0.6) is 11.5 Å². The third kappa shape index (κ3) is 2.15. The smallest absolute Gasteiger partial charge is 0.293 e. The average Bonchev–Trinajstić information content (AvgIpc) is 2.96. The Morgan fingerprint density at radius 3 is 2.64 bits per heavy atom. The van der Waals surface area contributed by atoms with E-state index in [9.17, 15) is 4.79 Å². The van der Waals surface area contributed by atoms with Gasteiger partial charge in [-0.1, -0.05) is 51.1 Å². The van der Waals surface area contributed by atoms with Crippen molar-refractivity contribution in [1.29, 1.82) is 0 Å². The number of hydrogen-bond acceptors (Lipinski definition) is 3. The highest BCUT2D eigenvalue weighted by Gasteiger charge is 2.52. The molecule has 4 heteroatoms. The highest BCUT2D eigenvalue weighted by Crippen LogP contribution is 2.56. The van der Waals surface area contributed by atoms with Gasteiger partial charge in [0.25, 0.3) is 5.56 Å². The maximum atomic E-state index is 13.0. The van der Waals surface area contributed by atoms with Crippen molar-refractivity contribution < 1.29 is 9.47 Å². The van der Waals surface area contributed by atoms with E-state index in [1.807, 2.05) is 18.2 Å². The molecule has 0 saturated carbocycles. The molecule has 2 aromatic carbocycles. The highest BCUT2D eigenvalue weighted by molar-refractivity contribution is 5.86. The predicted octanol–water partition coefficient (Wildman–Crippen LogP) is 4.62. The zero-order chi connectivity index (χ0) is 19.8. The zero-order valence-corrected chi connectivity index (χ0v) is 17.0. The largest absolute Gasteiger partial charge is 0.487 e. The minimum atomic E-state index is -0.626. The summed E-state index contributed by atoms with van der Waals surface area (Å²) < 4.78 is 14.3. The predicted molar refractivity (Wildman–Crippen MR) is 111 cm³/mol. The molecular weight excluding hydrogens is 350 g/mol. The molecular formula is C24H25NO3. The van der Waals surface area contributed by atoms with Crippen LogP contribution in [0.2, 0.25) is 0 Å². The van der Waals surface area contributed by atoms with Crippen LogP contribution in [0.4, 0.5) is 0 Å². The third-order valence-electron chi connectivity index (χ3n) is 6.39. The van der Waals surface area contributed by atoms with E-state index < -0.39 is 5.60 Å². The normalized spacial score (nSPS) is 22.8. The number of fused-ring (bicyclic) bond motifs is 7. The van der Waals surface area contributed by atoms with Gasteiger partial charge >= 0.3 is 0 Å². The number of ether oxygens (including phenoxy) is 2. The van der Waals surface area contributed by atoms with E-state index in [-0.39, 0.29) is 16.9 Å². The number of aryl methyl sites for hydroxylation is 1. The van der Waals surface area contributed by atoms with Gasteiger partial charge in [0.2, 0.25) is 0 Å². The Bertz CT molecular complexity index is 1180. The van der Waals surface area contributed by atoms with Gasteiger partial charge in [-0.2, -0.15) is 0 Å². The molecule has 0 spiro atoms. The summed E-state index contributed by atoms with van der Waals surface area (Å²) in [5.74, 6) is 1.36. The Hall–Kier alpha value is -2.75. The van der Waals surface area contributed by atoms with Gasteiger partial charge in [0.05, 0.1) is 23.6 Å². The van der Waals surface area contributed by atoms with Gasteiger partial charge in [0, 0.05) is 18.0 Å². The van der Waals surface area contributed by atoms with E-state index >= 15 is 0 Å². The summed E-state index contributed by atoms with van der Waals surface area (Å²) in [7, 11) is 1.79. The van der Waals surface area contributed by atoms with Crippen LogP contribution in [0.25, 0.3) is 10.9 Å².